The van der Waals surface area contributed by atoms with Gasteiger partial charge in [0.05, 0.1) is 12.2 Å². The molecule has 0 aliphatic heterocycles. The molecule has 1 aliphatic carbocycles. The summed E-state index contributed by atoms with van der Waals surface area (Å²) in [6.07, 6.45) is 5.07. The first kappa shape index (κ1) is 22.1. The number of unbranched alkanes of at least 4 members (excludes halogenated alkanes) is 1. The van der Waals surface area contributed by atoms with Gasteiger partial charge in [-0.25, -0.2) is 0 Å². The second-order valence-electron chi connectivity index (χ2n) is 9.91. The zero-order valence-corrected chi connectivity index (χ0v) is 18.2. The second kappa shape index (κ2) is 8.66. The van der Waals surface area contributed by atoms with Crippen molar-refractivity contribution in [1.82, 2.24) is 0 Å². The number of hydrogen-bond donors (Lipinski definition) is 2. The van der Waals surface area contributed by atoms with Crippen LogP contribution < -0.4 is 0 Å². The predicted molar refractivity (Wildman–Crippen MR) is 105 cm³/mol. The summed E-state index contributed by atoms with van der Waals surface area (Å²) in [5, 5.41) is 20.0. The van der Waals surface area contributed by atoms with E-state index in [1.165, 1.54) is 24.9 Å². The van der Waals surface area contributed by atoms with Gasteiger partial charge in [0.25, 0.3) is 0 Å². The molecule has 0 radical (unpaired) electrons. The van der Waals surface area contributed by atoms with Gasteiger partial charge in [0, 0.05) is 5.60 Å². The molecule has 1 fully saturated rings. The topological polar surface area (TPSA) is 49.7 Å². The van der Waals surface area contributed by atoms with Crippen molar-refractivity contribution in [3.8, 4) is 0 Å². The van der Waals surface area contributed by atoms with Crippen LogP contribution in [0.15, 0.2) is 0 Å². The Balaban J connectivity index is 2.87. The van der Waals surface area contributed by atoms with Crippen LogP contribution in [-0.4, -0.2) is 36.3 Å². The van der Waals surface area contributed by atoms with Crippen LogP contribution in [0.25, 0.3) is 0 Å². The van der Waals surface area contributed by atoms with Crippen LogP contribution in [-0.2, 0) is 4.43 Å². The van der Waals surface area contributed by atoms with Crippen molar-refractivity contribution >= 4 is 8.32 Å². The lowest BCUT2D eigenvalue weighted by Crippen LogP contribution is -2.52. The van der Waals surface area contributed by atoms with Gasteiger partial charge in [-0.15, -0.1) is 0 Å². The third-order valence-electron chi connectivity index (χ3n) is 5.65. The van der Waals surface area contributed by atoms with Crippen molar-refractivity contribution in [2.75, 3.05) is 0 Å². The summed E-state index contributed by atoms with van der Waals surface area (Å²) in [5.74, 6) is 0.530. The van der Waals surface area contributed by atoms with Crippen LogP contribution in [0.2, 0.25) is 17.1 Å². The third kappa shape index (κ3) is 6.43. The number of aliphatic hydroxyl groups excluding tert-OH is 2. The molecular formula is C20H42O3Si. The van der Waals surface area contributed by atoms with Crippen LogP contribution >= 0.6 is 0 Å². The molecule has 0 aromatic carbocycles. The van der Waals surface area contributed by atoms with E-state index in [2.05, 4.69) is 48.5 Å². The SMILES string of the molecule is CCCC[Si](CCC1CCC(O)C(O)C1)(OC(C)(C)C)C(C)(C)C. The molecule has 1 aliphatic rings. The fourth-order valence-electron chi connectivity index (χ4n) is 4.09. The van der Waals surface area contributed by atoms with Gasteiger partial charge in [-0.3, -0.25) is 0 Å². The predicted octanol–water partition coefficient (Wildman–Crippen LogP) is 5.26. The minimum absolute atomic E-state index is 0.102. The van der Waals surface area contributed by atoms with Gasteiger partial charge < -0.3 is 14.6 Å². The fraction of sp³-hybridized carbons (Fsp3) is 1.00. The first-order chi connectivity index (χ1) is 10.9. The Kier molecular flexibility index (Phi) is 7.98. The highest BCUT2D eigenvalue weighted by atomic mass is 28.4. The molecule has 144 valence electrons. The summed E-state index contributed by atoms with van der Waals surface area (Å²) < 4.78 is 6.86. The van der Waals surface area contributed by atoms with Crippen LogP contribution in [0.4, 0.5) is 0 Å². The third-order valence-corrected chi connectivity index (χ3v) is 11.6. The molecule has 0 aromatic rings. The maximum Gasteiger partial charge on any atom is 0.198 e. The summed E-state index contributed by atoms with van der Waals surface area (Å²) in [6, 6.07) is 2.39. The zero-order chi connectivity index (χ0) is 18.6. The molecule has 1 saturated carbocycles. The molecule has 0 amide bonds. The number of hydrogen-bond acceptors (Lipinski definition) is 3. The quantitative estimate of drug-likeness (QED) is 0.610. The average molecular weight is 359 g/mol. The fourth-order valence-corrected chi connectivity index (χ4v) is 9.33. The van der Waals surface area contributed by atoms with Crippen molar-refractivity contribution in [3.05, 3.63) is 0 Å². The summed E-state index contributed by atoms with van der Waals surface area (Å²) >= 11 is 0. The lowest BCUT2D eigenvalue weighted by molar-refractivity contribution is -0.0261. The van der Waals surface area contributed by atoms with E-state index >= 15 is 0 Å². The van der Waals surface area contributed by atoms with E-state index < -0.39 is 20.5 Å². The van der Waals surface area contributed by atoms with Gasteiger partial charge in [-0.1, -0.05) is 47.0 Å². The highest BCUT2D eigenvalue weighted by molar-refractivity contribution is 6.76. The van der Waals surface area contributed by atoms with Crippen molar-refractivity contribution in [2.45, 2.75) is 122 Å². The first-order valence-corrected chi connectivity index (χ1v) is 12.3. The normalized spacial score (nSPS) is 28.6. The molecule has 0 saturated heterocycles. The summed E-state index contributed by atoms with van der Waals surface area (Å²) in [4.78, 5) is 0. The average Bonchev–Trinajstić information content (AvgIpc) is 2.43. The Morgan fingerprint density at radius 1 is 0.958 bits per heavy atom. The van der Waals surface area contributed by atoms with Crippen molar-refractivity contribution < 1.29 is 14.6 Å². The molecule has 4 heteroatoms. The van der Waals surface area contributed by atoms with Crippen LogP contribution in [0.3, 0.4) is 0 Å². The smallest absolute Gasteiger partial charge is 0.198 e. The molecule has 0 spiro atoms. The molecule has 0 aromatic heterocycles. The molecule has 0 bridgehead atoms. The summed E-state index contributed by atoms with van der Waals surface area (Å²) in [7, 11) is -1.92. The summed E-state index contributed by atoms with van der Waals surface area (Å²) in [5.41, 5.74) is -0.102. The van der Waals surface area contributed by atoms with E-state index in [0.717, 1.165) is 25.7 Å². The van der Waals surface area contributed by atoms with E-state index in [9.17, 15) is 10.2 Å². The minimum atomic E-state index is -1.92. The van der Waals surface area contributed by atoms with Crippen LogP contribution in [0, 0.1) is 5.92 Å². The lowest BCUT2D eigenvalue weighted by Gasteiger charge is -2.47. The van der Waals surface area contributed by atoms with Crippen LogP contribution in [0.1, 0.15) is 87.0 Å². The zero-order valence-electron chi connectivity index (χ0n) is 17.2. The number of aliphatic hydroxyl groups is 2. The van der Waals surface area contributed by atoms with Gasteiger partial charge in [-0.2, -0.15) is 0 Å². The highest BCUT2D eigenvalue weighted by Crippen LogP contribution is 2.47. The molecule has 2 N–H and O–H groups in total. The summed E-state index contributed by atoms with van der Waals surface area (Å²) in [6.45, 7) is 15.9. The van der Waals surface area contributed by atoms with E-state index in [1.807, 2.05) is 0 Å². The van der Waals surface area contributed by atoms with Crippen molar-refractivity contribution in [3.63, 3.8) is 0 Å². The monoisotopic (exact) mass is 358 g/mol. The van der Waals surface area contributed by atoms with E-state index in [-0.39, 0.29) is 10.6 Å². The highest BCUT2D eigenvalue weighted by Gasteiger charge is 2.48. The molecule has 24 heavy (non-hydrogen) atoms. The molecule has 3 nitrogen and oxygen atoms in total. The molecule has 1 rings (SSSR count). The number of rotatable bonds is 7. The van der Waals surface area contributed by atoms with E-state index in [0.29, 0.717) is 5.92 Å². The van der Waals surface area contributed by atoms with E-state index in [4.69, 9.17) is 4.43 Å². The maximum absolute atomic E-state index is 10.00. The van der Waals surface area contributed by atoms with Gasteiger partial charge in [-0.05, 0) is 63.1 Å². The van der Waals surface area contributed by atoms with Gasteiger partial charge in [0.15, 0.2) is 8.32 Å². The molecule has 4 atom stereocenters. The van der Waals surface area contributed by atoms with Gasteiger partial charge in [0.2, 0.25) is 0 Å². The second-order valence-corrected chi connectivity index (χ2v) is 14.6. The molecule has 0 heterocycles. The van der Waals surface area contributed by atoms with E-state index in [1.54, 1.807) is 0 Å². The Bertz CT molecular complexity index is 372. The first-order valence-electron chi connectivity index (χ1n) is 9.96. The van der Waals surface area contributed by atoms with Crippen LogP contribution in [0.5, 0.6) is 0 Å². The van der Waals surface area contributed by atoms with Crippen molar-refractivity contribution in [1.29, 1.82) is 0 Å². The largest absolute Gasteiger partial charge is 0.412 e. The molecular weight excluding hydrogens is 316 g/mol. The Labute approximate surface area is 151 Å². The maximum atomic E-state index is 10.00. The Hall–Kier alpha value is 0.0969. The molecule has 4 unspecified atom stereocenters. The van der Waals surface area contributed by atoms with Gasteiger partial charge >= 0.3 is 0 Å². The minimum Gasteiger partial charge on any atom is -0.412 e. The Morgan fingerprint density at radius 3 is 2.04 bits per heavy atom. The Morgan fingerprint density at radius 2 is 1.58 bits per heavy atom. The lowest BCUT2D eigenvalue weighted by atomic mass is 9.84. The van der Waals surface area contributed by atoms with Gasteiger partial charge in [0.1, 0.15) is 0 Å². The standard InChI is InChI=1S/C20H42O3Si/c1-8-9-13-24(20(5,6)7,23-19(2,3)4)14-12-16-10-11-17(21)18(22)15-16/h16-18,21-22H,8-15H2,1-7H3. The van der Waals surface area contributed by atoms with Crippen molar-refractivity contribution in [2.24, 2.45) is 5.92 Å².